The number of thiazole rings is 1. The first-order valence-electron chi connectivity index (χ1n) is 6.71. The summed E-state index contributed by atoms with van der Waals surface area (Å²) < 4.78 is 11.5. The molecule has 0 atom stereocenters. The molecule has 0 aliphatic heterocycles. The Bertz CT molecular complexity index is 821. The van der Waals surface area contributed by atoms with E-state index in [2.05, 4.69) is 10.3 Å². The molecule has 0 aliphatic carbocycles. The monoisotopic (exact) mass is 348 g/mol. The topological polar surface area (TPSA) is 60.5 Å². The zero-order valence-corrected chi connectivity index (χ0v) is 14.0. The summed E-state index contributed by atoms with van der Waals surface area (Å²) in [4.78, 5) is 16.7. The summed E-state index contributed by atoms with van der Waals surface area (Å²) in [5, 5.41) is 3.84. The first-order chi connectivity index (χ1) is 11.1. The largest absolute Gasteiger partial charge is 0.495 e. The van der Waals surface area contributed by atoms with Crippen LogP contribution in [0.4, 0.5) is 5.13 Å². The number of benzene rings is 2. The van der Waals surface area contributed by atoms with Crippen molar-refractivity contribution < 1.29 is 14.3 Å². The number of anilines is 1. The molecule has 0 saturated heterocycles. The number of hydrogen-bond acceptors (Lipinski definition) is 5. The molecule has 0 aliphatic rings. The number of ether oxygens (including phenoxy) is 2. The van der Waals surface area contributed by atoms with Crippen molar-refractivity contribution in [1.29, 1.82) is 0 Å². The zero-order chi connectivity index (χ0) is 16.4. The molecule has 0 bridgehead atoms. The number of nitrogens with one attached hydrogen (secondary N) is 1. The van der Waals surface area contributed by atoms with Gasteiger partial charge in [0.25, 0.3) is 5.91 Å². The number of aromatic nitrogens is 1. The van der Waals surface area contributed by atoms with Crippen LogP contribution in [0.25, 0.3) is 10.2 Å². The van der Waals surface area contributed by atoms with Crippen LogP contribution >= 0.6 is 22.9 Å². The number of carbonyl (C=O) groups is 1. The van der Waals surface area contributed by atoms with Gasteiger partial charge in [0.15, 0.2) is 5.13 Å². The van der Waals surface area contributed by atoms with Crippen LogP contribution in [0.3, 0.4) is 0 Å². The molecule has 0 fully saturated rings. The molecular formula is C16H13ClN2O3S. The lowest BCUT2D eigenvalue weighted by Gasteiger charge is -2.03. The lowest BCUT2D eigenvalue weighted by atomic mass is 10.2. The predicted octanol–water partition coefficient (Wildman–Crippen LogP) is 4.22. The maximum absolute atomic E-state index is 12.3. The fourth-order valence-electron chi connectivity index (χ4n) is 2.11. The molecule has 2 aromatic carbocycles. The van der Waals surface area contributed by atoms with Crippen molar-refractivity contribution in [3.8, 4) is 11.5 Å². The summed E-state index contributed by atoms with van der Waals surface area (Å²) in [5.41, 5.74) is 1.16. The number of fused-ring (bicyclic) bond motifs is 1. The average Bonchev–Trinajstić information content (AvgIpc) is 2.97. The fourth-order valence-corrected chi connectivity index (χ4v) is 3.20. The molecule has 0 spiro atoms. The second-order valence-electron chi connectivity index (χ2n) is 4.63. The Hall–Kier alpha value is -2.31. The van der Waals surface area contributed by atoms with Crippen LogP contribution in [0.15, 0.2) is 36.4 Å². The number of rotatable bonds is 4. The highest BCUT2D eigenvalue weighted by molar-refractivity contribution is 7.22. The molecule has 7 heteroatoms. The lowest BCUT2D eigenvalue weighted by molar-refractivity contribution is 0.102. The van der Waals surface area contributed by atoms with E-state index >= 15 is 0 Å². The molecule has 0 unspecified atom stereocenters. The number of methoxy groups -OCH3 is 2. The van der Waals surface area contributed by atoms with Crippen molar-refractivity contribution in [2.45, 2.75) is 0 Å². The molecule has 1 N–H and O–H groups in total. The Labute approximate surface area is 141 Å². The van der Waals surface area contributed by atoms with Gasteiger partial charge in [-0.2, -0.15) is 0 Å². The third-order valence-electron chi connectivity index (χ3n) is 3.24. The van der Waals surface area contributed by atoms with Crippen molar-refractivity contribution in [3.63, 3.8) is 0 Å². The zero-order valence-electron chi connectivity index (χ0n) is 12.4. The van der Waals surface area contributed by atoms with E-state index in [1.807, 2.05) is 6.07 Å². The number of hydrogen-bond donors (Lipinski definition) is 1. The van der Waals surface area contributed by atoms with Crippen LogP contribution in [0.2, 0.25) is 5.02 Å². The van der Waals surface area contributed by atoms with Gasteiger partial charge in [0.1, 0.15) is 21.7 Å². The van der Waals surface area contributed by atoms with Crippen molar-refractivity contribution in [2.75, 3.05) is 19.5 Å². The maximum Gasteiger partial charge on any atom is 0.257 e. The highest BCUT2D eigenvalue weighted by Crippen LogP contribution is 2.38. The molecule has 23 heavy (non-hydrogen) atoms. The van der Waals surface area contributed by atoms with Crippen molar-refractivity contribution in [3.05, 3.63) is 47.0 Å². The Morgan fingerprint density at radius 1 is 1.09 bits per heavy atom. The van der Waals surface area contributed by atoms with Crippen molar-refractivity contribution in [1.82, 2.24) is 4.98 Å². The number of halogens is 1. The van der Waals surface area contributed by atoms with Crippen molar-refractivity contribution in [2.24, 2.45) is 0 Å². The average molecular weight is 349 g/mol. The molecule has 0 radical (unpaired) electrons. The quantitative estimate of drug-likeness (QED) is 0.766. The van der Waals surface area contributed by atoms with Gasteiger partial charge in [-0.25, -0.2) is 4.98 Å². The van der Waals surface area contributed by atoms with E-state index < -0.39 is 0 Å². The van der Waals surface area contributed by atoms with Crippen LogP contribution in [0, 0.1) is 0 Å². The molecule has 3 rings (SSSR count). The van der Waals surface area contributed by atoms with Crippen molar-refractivity contribution >= 4 is 44.2 Å². The molecule has 118 valence electrons. The minimum Gasteiger partial charge on any atom is -0.495 e. The van der Waals surface area contributed by atoms with E-state index in [1.54, 1.807) is 44.6 Å². The summed E-state index contributed by atoms with van der Waals surface area (Å²) in [6.45, 7) is 0. The van der Waals surface area contributed by atoms with E-state index in [9.17, 15) is 4.79 Å². The normalized spacial score (nSPS) is 10.6. The van der Waals surface area contributed by atoms with E-state index in [-0.39, 0.29) is 5.91 Å². The highest BCUT2D eigenvalue weighted by Gasteiger charge is 2.15. The third kappa shape index (κ3) is 3.09. The Kier molecular flexibility index (Phi) is 4.36. The van der Waals surface area contributed by atoms with Gasteiger partial charge >= 0.3 is 0 Å². The molecule has 1 heterocycles. The van der Waals surface area contributed by atoms with Gasteiger partial charge in [0, 0.05) is 10.6 Å². The SMILES string of the molecule is COc1ccc(OC)c2sc(NC(=O)c3ccc(Cl)cc3)nc12. The van der Waals surface area contributed by atoms with Gasteiger partial charge in [-0.3, -0.25) is 10.1 Å². The molecular weight excluding hydrogens is 336 g/mol. The Morgan fingerprint density at radius 2 is 1.74 bits per heavy atom. The summed E-state index contributed by atoms with van der Waals surface area (Å²) in [6, 6.07) is 10.2. The lowest BCUT2D eigenvalue weighted by Crippen LogP contribution is -2.11. The van der Waals surface area contributed by atoms with Gasteiger partial charge in [-0.15, -0.1) is 0 Å². The minimum absolute atomic E-state index is 0.251. The van der Waals surface area contributed by atoms with Crippen LogP contribution in [-0.4, -0.2) is 25.1 Å². The first kappa shape index (κ1) is 15.6. The molecule has 5 nitrogen and oxygen atoms in total. The van der Waals surface area contributed by atoms with Crippen LogP contribution in [-0.2, 0) is 0 Å². The van der Waals surface area contributed by atoms with Gasteiger partial charge in [0.2, 0.25) is 0 Å². The summed E-state index contributed by atoms with van der Waals surface area (Å²) in [6.07, 6.45) is 0. The third-order valence-corrected chi connectivity index (χ3v) is 4.47. The molecule has 1 amide bonds. The van der Waals surface area contributed by atoms with Crippen LogP contribution in [0.1, 0.15) is 10.4 Å². The maximum atomic E-state index is 12.3. The van der Waals surface area contributed by atoms with Gasteiger partial charge in [-0.05, 0) is 36.4 Å². The van der Waals surface area contributed by atoms with Gasteiger partial charge in [-0.1, -0.05) is 22.9 Å². The standard InChI is InChI=1S/C16H13ClN2O3S/c1-21-11-7-8-12(22-2)14-13(11)18-16(23-14)19-15(20)9-3-5-10(17)6-4-9/h3-8H,1-2H3,(H,18,19,20). The molecule has 0 saturated carbocycles. The smallest absolute Gasteiger partial charge is 0.257 e. The number of nitrogens with zero attached hydrogens (tertiary/aromatic N) is 1. The van der Waals surface area contributed by atoms with Gasteiger partial charge in [0.05, 0.1) is 14.2 Å². The predicted molar refractivity (Wildman–Crippen MR) is 92.1 cm³/mol. The Balaban J connectivity index is 1.94. The fraction of sp³-hybridized carbons (Fsp3) is 0.125. The van der Waals surface area contributed by atoms with E-state index in [0.29, 0.717) is 32.7 Å². The summed E-state index contributed by atoms with van der Waals surface area (Å²) in [7, 11) is 3.17. The second-order valence-corrected chi connectivity index (χ2v) is 6.06. The summed E-state index contributed by atoms with van der Waals surface area (Å²) in [5.74, 6) is 1.06. The van der Waals surface area contributed by atoms with E-state index in [4.69, 9.17) is 21.1 Å². The van der Waals surface area contributed by atoms with E-state index in [0.717, 1.165) is 4.70 Å². The van der Waals surface area contributed by atoms with Gasteiger partial charge < -0.3 is 9.47 Å². The second kappa shape index (κ2) is 6.44. The highest BCUT2D eigenvalue weighted by atomic mass is 35.5. The summed E-state index contributed by atoms with van der Waals surface area (Å²) >= 11 is 7.16. The van der Waals surface area contributed by atoms with Crippen LogP contribution < -0.4 is 14.8 Å². The Morgan fingerprint density at radius 3 is 2.39 bits per heavy atom. The first-order valence-corrected chi connectivity index (χ1v) is 7.90. The minimum atomic E-state index is -0.251. The molecule has 3 aromatic rings. The number of amides is 1. The number of carbonyl (C=O) groups excluding carboxylic acids is 1. The molecule has 1 aromatic heterocycles. The van der Waals surface area contributed by atoms with E-state index in [1.165, 1.54) is 11.3 Å². The van der Waals surface area contributed by atoms with Crippen LogP contribution in [0.5, 0.6) is 11.5 Å².